The Morgan fingerprint density at radius 3 is 2.71 bits per heavy atom. The molecule has 0 radical (unpaired) electrons. The van der Waals surface area contributed by atoms with Gasteiger partial charge in [-0.05, 0) is 38.4 Å². The van der Waals surface area contributed by atoms with E-state index in [4.69, 9.17) is 5.73 Å². The number of nitrogen functional groups attached to an aromatic ring is 1. The predicted octanol–water partition coefficient (Wildman–Crippen LogP) is 1.55. The number of aromatic nitrogens is 1. The maximum absolute atomic E-state index is 12.7. The molecule has 6 nitrogen and oxygen atoms in total. The van der Waals surface area contributed by atoms with E-state index in [0.29, 0.717) is 39.6 Å². The van der Waals surface area contributed by atoms with Crippen molar-refractivity contribution < 1.29 is 4.79 Å². The van der Waals surface area contributed by atoms with Gasteiger partial charge in [0.05, 0.1) is 11.1 Å². The molecular formula is C18H20N4O2. The van der Waals surface area contributed by atoms with Crippen LogP contribution < -0.4 is 16.5 Å². The standard InChI is InChI=1S/C18H20N4O2/c1-22(2)8-7-20-18(24)14-10-11(19)9-13-16(14)21-15-6-4-3-5-12(15)17(13)23/h3-6,9-10H,7-8,19H2,1-2H3,(H,20,24)(H,21,23). The molecule has 24 heavy (non-hydrogen) atoms. The summed E-state index contributed by atoms with van der Waals surface area (Å²) in [7, 11) is 3.87. The van der Waals surface area contributed by atoms with Crippen LogP contribution in [0.3, 0.4) is 0 Å². The minimum absolute atomic E-state index is 0.131. The summed E-state index contributed by atoms with van der Waals surface area (Å²) in [4.78, 5) is 30.4. The molecule has 4 N–H and O–H groups in total. The molecule has 0 aliphatic carbocycles. The molecule has 124 valence electrons. The van der Waals surface area contributed by atoms with Crippen LogP contribution in [-0.4, -0.2) is 43.0 Å². The van der Waals surface area contributed by atoms with E-state index in [1.54, 1.807) is 18.2 Å². The summed E-state index contributed by atoms with van der Waals surface area (Å²) in [5.41, 5.74) is 7.76. The largest absolute Gasteiger partial charge is 0.399 e. The van der Waals surface area contributed by atoms with Crippen molar-refractivity contribution in [1.29, 1.82) is 0 Å². The average molecular weight is 324 g/mol. The van der Waals surface area contributed by atoms with Crippen LogP contribution in [0.25, 0.3) is 21.8 Å². The Morgan fingerprint density at radius 1 is 1.21 bits per heavy atom. The number of anilines is 1. The number of nitrogens with one attached hydrogen (secondary N) is 2. The molecule has 0 unspecified atom stereocenters. The number of benzene rings is 2. The van der Waals surface area contributed by atoms with Crippen LogP contribution in [0.5, 0.6) is 0 Å². The molecule has 1 aromatic heterocycles. The van der Waals surface area contributed by atoms with Crippen molar-refractivity contribution in [3.8, 4) is 0 Å². The number of H-pyrrole nitrogens is 1. The number of para-hydroxylation sites is 1. The van der Waals surface area contributed by atoms with Crippen molar-refractivity contribution in [1.82, 2.24) is 15.2 Å². The van der Waals surface area contributed by atoms with Crippen LogP contribution in [0.4, 0.5) is 5.69 Å². The van der Waals surface area contributed by atoms with Crippen molar-refractivity contribution in [2.45, 2.75) is 0 Å². The maximum Gasteiger partial charge on any atom is 0.253 e. The zero-order chi connectivity index (χ0) is 17.3. The highest BCUT2D eigenvalue weighted by molar-refractivity contribution is 6.08. The molecule has 1 amide bonds. The number of fused-ring (bicyclic) bond motifs is 2. The van der Waals surface area contributed by atoms with Crippen LogP contribution in [0, 0.1) is 0 Å². The smallest absolute Gasteiger partial charge is 0.253 e. The van der Waals surface area contributed by atoms with Gasteiger partial charge in [0.2, 0.25) is 0 Å². The number of nitrogens with zero attached hydrogens (tertiary/aromatic N) is 1. The zero-order valence-corrected chi connectivity index (χ0v) is 13.7. The van der Waals surface area contributed by atoms with Crippen molar-refractivity contribution in [2.75, 3.05) is 32.9 Å². The first-order valence-electron chi connectivity index (χ1n) is 7.74. The topological polar surface area (TPSA) is 91.2 Å². The van der Waals surface area contributed by atoms with Gasteiger partial charge in [0.25, 0.3) is 5.91 Å². The van der Waals surface area contributed by atoms with Gasteiger partial charge in [-0.3, -0.25) is 9.59 Å². The van der Waals surface area contributed by atoms with Crippen molar-refractivity contribution in [3.05, 3.63) is 52.2 Å². The third-order valence-electron chi connectivity index (χ3n) is 3.93. The number of hydrogen-bond acceptors (Lipinski definition) is 4. The van der Waals surface area contributed by atoms with Crippen molar-refractivity contribution in [3.63, 3.8) is 0 Å². The molecular weight excluding hydrogens is 304 g/mol. The Bertz CT molecular complexity index is 976. The molecule has 0 saturated carbocycles. The number of hydrogen-bond donors (Lipinski definition) is 3. The number of nitrogens with two attached hydrogens (primary N) is 1. The molecule has 3 rings (SSSR count). The lowest BCUT2D eigenvalue weighted by atomic mass is 10.0. The van der Waals surface area contributed by atoms with Crippen LogP contribution in [0.15, 0.2) is 41.2 Å². The number of likely N-dealkylation sites (N-methyl/N-ethyl adjacent to an activating group) is 1. The second-order valence-electron chi connectivity index (χ2n) is 6.05. The van der Waals surface area contributed by atoms with E-state index in [0.717, 1.165) is 6.54 Å². The van der Waals surface area contributed by atoms with Gasteiger partial charge < -0.3 is 20.9 Å². The average Bonchev–Trinajstić information content (AvgIpc) is 2.55. The Kier molecular flexibility index (Phi) is 4.22. The van der Waals surface area contributed by atoms with Gasteiger partial charge in [0, 0.05) is 35.1 Å². The number of pyridine rings is 1. The lowest BCUT2D eigenvalue weighted by Gasteiger charge is -2.12. The minimum atomic E-state index is -0.250. The molecule has 6 heteroatoms. The minimum Gasteiger partial charge on any atom is -0.399 e. The lowest BCUT2D eigenvalue weighted by Crippen LogP contribution is -2.31. The molecule has 0 atom stereocenters. The van der Waals surface area contributed by atoms with E-state index >= 15 is 0 Å². The summed E-state index contributed by atoms with van der Waals surface area (Å²) in [6, 6.07) is 10.4. The summed E-state index contributed by atoms with van der Waals surface area (Å²) >= 11 is 0. The van der Waals surface area contributed by atoms with E-state index in [1.807, 2.05) is 37.2 Å². The molecule has 0 spiro atoms. The first kappa shape index (κ1) is 16.0. The van der Waals surface area contributed by atoms with Gasteiger partial charge >= 0.3 is 0 Å². The Hall–Kier alpha value is -2.86. The third-order valence-corrected chi connectivity index (χ3v) is 3.93. The first-order valence-corrected chi connectivity index (χ1v) is 7.74. The SMILES string of the molecule is CN(C)CCNC(=O)c1cc(N)cc2c(=O)c3ccccc3[nH]c12. The fourth-order valence-electron chi connectivity index (χ4n) is 2.72. The lowest BCUT2D eigenvalue weighted by molar-refractivity contribution is 0.0952. The maximum atomic E-state index is 12.7. The fraction of sp³-hybridized carbons (Fsp3) is 0.222. The number of amides is 1. The molecule has 1 heterocycles. The van der Waals surface area contributed by atoms with Crippen LogP contribution in [-0.2, 0) is 0 Å². The second kappa shape index (κ2) is 6.33. The van der Waals surface area contributed by atoms with E-state index in [2.05, 4.69) is 10.3 Å². The zero-order valence-electron chi connectivity index (χ0n) is 13.7. The molecule has 0 aliphatic heterocycles. The predicted molar refractivity (Wildman–Crippen MR) is 97.4 cm³/mol. The van der Waals surface area contributed by atoms with Gasteiger partial charge in [-0.1, -0.05) is 12.1 Å². The fourth-order valence-corrected chi connectivity index (χ4v) is 2.72. The summed E-state index contributed by atoms with van der Waals surface area (Å²) in [6.07, 6.45) is 0. The molecule has 3 aromatic rings. The van der Waals surface area contributed by atoms with Gasteiger partial charge in [0.1, 0.15) is 0 Å². The van der Waals surface area contributed by atoms with E-state index in [9.17, 15) is 9.59 Å². The Balaban J connectivity index is 2.14. The number of carbonyl (C=O) groups is 1. The highest BCUT2D eigenvalue weighted by Crippen LogP contribution is 2.21. The molecule has 2 aromatic carbocycles. The third kappa shape index (κ3) is 2.96. The molecule has 0 bridgehead atoms. The highest BCUT2D eigenvalue weighted by atomic mass is 16.1. The van der Waals surface area contributed by atoms with Gasteiger partial charge in [-0.2, -0.15) is 0 Å². The number of rotatable bonds is 4. The first-order chi connectivity index (χ1) is 11.5. The van der Waals surface area contributed by atoms with Crippen LogP contribution >= 0.6 is 0 Å². The van der Waals surface area contributed by atoms with Crippen molar-refractivity contribution in [2.24, 2.45) is 0 Å². The van der Waals surface area contributed by atoms with Gasteiger partial charge in [0.15, 0.2) is 5.43 Å². The quantitative estimate of drug-likeness (QED) is 0.502. The highest BCUT2D eigenvalue weighted by Gasteiger charge is 2.15. The van der Waals surface area contributed by atoms with E-state index in [1.165, 1.54) is 0 Å². The second-order valence-corrected chi connectivity index (χ2v) is 6.05. The molecule has 0 saturated heterocycles. The normalized spacial score (nSPS) is 11.3. The summed E-state index contributed by atoms with van der Waals surface area (Å²) in [5, 5.41) is 3.86. The summed E-state index contributed by atoms with van der Waals surface area (Å²) in [5.74, 6) is -0.250. The molecule has 0 aliphatic rings. The van der Waals surface area contributed by atoms with E-state index < -0.39 is 0 Å². The summed E-state index contributed by atoms with van der Waals surface area (Å²) < 4.78 is 0. The van der Waals surface area contributed by atoms with Crippen LogP contribution in [0.2, 0.25) is 0 Å². The van der Waals surface area contributed by atoms with Gasteiger partial charge in [-0.15, -0.1) is 0 Å². The number of carbonyl (C=O) groups excluding carboxylic acids is 1. The summed E-state index contributed by atoms with van der Waals surface area (Å²) in [6.45, 7) is 1.24. The molecule has 0 fully saturated rings. The van der Waals surface area contributed by atoms with Gasteiger partial charge in [-0.25, -0.2) is 0 Å². The monoisotopic (exact) mass is 324 g/mol. The van der Waals surface area contributed by atoms with Crippen LogP contribution in [0.1, 0.15) is 10.4 Å². The Labute approximate surface area is 139 Å². The Morgan fingerprint density at radius 2 is 1.96 bits per heavy atom. The van der Waals surface area contributed by atoms with E-state index in [-0.39, 0.29) is 11.3 Å². The number of aromatic amines is 1. The van der Waals surface area contributed by atoms with Crippen molar-refractivity contribution >= 4 is 33.4 Å².